The Hall–Kier alpha value is 0.260. The van der Waals surface area contributed by atoms with E-state index in [2.05, 4.69) is 22.4 Å². The highest BCUT2D eigenvalue weighted by molar-refractivity contribution is 7.62. The van der Waals surface area contributed by atoms with Crippen LogP contribution < -0.4 is 0 Å². The Morgan fingerprint density at radius 3 is 2.08 bits per heavy atom. The van der Waals surface area contributed by atoms with Gasteiger partial charge in [-0.2, -0.15) is 4.31 Å². The molecule has 0 aromatic rings. The van der Waals surface area contributed by atoms with E-state index in [0.717, 1.165) is 14.2 Å². The summed E-state index contributed by atoms with van der Waals surface area (Å²) in [6.45, 7) is -0.148. The predicted octanol–water partition coefficient (Wildman–Crippen LogP) is 1.52. The van der Waals surface area contributed by atoms with Gasteiger partial charge in [-0.05, 0) is 0 Å². The summed E-state index contributed by atoms with van der Waals surface area (Å²) in [4.78, 5) is 0. The molecule has 0 N–H and O–H groups in total. The minimum absolute atomic E-state index is 0.148. The summed E-state index contributed by atoms with van der Waals surface area (Å²) in [5.74, 6) is 0. The number of phosphoric ester groups is 2. The third kappa shape index (κ3) is 2.14. The van der Waals surface area contributed by atoms with E-state index < -0.39 is 15.6 Å². The van der Waals surface area contributed by atoms with Crippen molar-refractivity contribution in [1.29, 1.82) is 0 Å². The van der Waals surface area contributed by atoms with Crippen LogP contribution in [0.25, 0.3) is 0 Å². The monoisotopic (exact) mass is 218 g/mol. The number of phosphoric acid groups is 2. The van der Waals surface area contributed by atoms with E-state index in [9.17, 15) is 9.13 Å². The lowest BCUT2D eigenvalue weighted by molar-refractivity contribution is -0.0274. The molecule has 7 nitrogen and oxygen atoms in total. The minimum atomic E-state index is -3.78. The molecule has 1 saturated heterocycles. The molecule has 0 saturated carbocycles. The van der Waals surface area contributed by atoms with Crippen molar-refractivity contribution in [1.82, 2.24) is 0 Å². The Labute approximate surface area is 69.1 Å². The molecule has 1 aliphatic heterocycles. The molecule has 0 bridgehead atoms. The Kier molecular flexibility index (Phi) is 3.06. The van der Waals surface area contributed by atoms with E-state index in [1.54, 1.807) is 0 Å². The largest absolute Gasteiger partial charge is 0.488 e. The van der Waals surface area contributed by atoms with Crippen LogP contribution in [0.4, 0.5) is 0 Å². The molecule has 1 rings (SSSR count). The zero-order valence-corrected chi connectivity index (χ0v) is 8.25. The third-order valence-corrected chi connectivity index (χ3v) is 4.41. The molecule has 0 unspecified atom stereocenters. The molecular formula is C3H8O7P2. The summed E-state index contributed by atoms with van der Waals surface area (Å²) >= 11 is 0. The molecule has 1 aliphatic rings. The second kappa shape index (κ2) is 3.55. The van der Waals surface area contributed by atoms with Crippen LogP contribution in [-0.2, 0) is 31.5 Å². The summed E-state index contributed by atoms with van der Waals surface area (Å²) in [6, 6.07) is 0. The van der Waals surface area contributed by atoms with Gasteiger partial charge in [0.2, 0.25) is 0 Å². The normalized spacial score (nSPS) is 21.8. The highest BCUT2D eigenvalue weighted by atomic mass is 31.3. The van der Waals surface area contributed by atoms with Gasteiger partial charge in [-0.3, -0.25) is 18.1 Å². The lowest BCUT2D eigenvalue weighted by atomic mass is 11.6. The number of hydrogen-bond acceptors (Lipinski definition) is 7. The van der Waals surface area contributed by atoms with Gasteiger partial charge in [0.1, 0.15) is 0 Å². The van der Waals surface area contributed by atoms with Crippen LogP contribution in [0, 0.1) is 0 Å². The van der Waals surface area contributed by atoms with E-state index >= 15 is 0 Å². The molecule has 0 spiro atoms. The van der Waals surface area contributed by atoms with Gasteiger partial charge in [-0.15, -0.1) is 0 Å². The maximum absolute atomic E-state index is 11.2. The number of hydrogen-bond donors (Lipinski definition) is 0. The predicted molar refractivity (Wildman–Crippen MR) is 37.4 cm³/mol. The first kappa shape index (κ1) is 10.3. The van der Waals surface area contributed by atoms with Crippen LogP contribution in [-0.4, -0.2) is 21.0 Å². The lowest BCUT2D eigenvalue weighted by Crippen LogP contribution is -2.12. The van der Waals surface area contributed by atoms with Crippen LogP contribution in [0.1, 0.15) is 0 Å². The summed E-state index contributed by atoms with van der Waals surface area (Å²) in [6.07, 6.45) is 0. The summed E-state index contributed by atoms with van der Waals surface area (Å²) in [5.41, 5.74) is 0. The van der Waals surface area contributed by atoms with Crippen LogP contribution in [0.5, 0.6) is 0 Å². The molecule has 0 atom stereocenters. The zero-order valence-electron chi connectivity index (χ0n) is 6.46. The molecule has 72 valence electrons. The van der Waals surface area contributed by atoms with Crippen molar-refractivity contribution in [3.63, 3.8) is 0 Å². The molecular weight excluding hydrogens is 210 g/mol. The molecule has 0 aliphatic carbocycles. The highest BCUT2D eigenvalue weighted by Gasteiger charge is 2.44. The number of rotatable bonds is 4. The fourth-order valence-electron chi connectivity index (χ4n) is 0.450. The zero-order chi connectivity index (χ0) is 9.24. The van der Waals surface area contributed by atoms with Crippen LogP contribution in [0.15, 0.2) is 0 Å². The Morgan fingerprint density at radius 2 is 1.83 bits per heavy atom. The maximum Gasteiger partial charge on any atom is 0.488 e. The SMILES string of the molecule is COP(=O)(OC)OP1(=O)OCO1. The lowest BCUT2D eigenvalue weighted by Gasteiger charge is -2.26. The summed E-state index contributed by atoms with van der Waals surface area (Å²) in [7, 11) is -5.25. The van der Waals surface area contributed by atoms with Gasteiger partial charge in [-0.25, -0.2) is 9.13 Å². The van der Waals surface area contributed by atoms with Gasteiger partial charge in [-0.1, -0.05) is 0 Å². The van der Waals surface area contributed by atoms with Crippen molar-refractivity contribution >= 4 is 15.6 Å². The van der Waals surface area contributed by atoms with E-state index in [1.165, 1.54) is 0 Å². The summed E-state index contributed by atoms with van der Waals surface area (Å²) < 4.78 is 44.0. The molecule has 12 heavy (non-hydrogen) atoms. The van der Waals surface area contributed by atoms with Gasteiger partial charge < -0.3 is 0 Å². The van der Waals surface area contributed by atoms with Crippen molar-refractivity contribution in [2.75, 3.05) is 21.0 Å². The molecule has 1 heterocycles. The fraction of sp³-hybridized carbons (Fsp3) is 1.00. The molecule has 0 amide bonds. The van der Waals surface area contributed by atoms with E-state index in [4.69, 9.17) is 0 Å². The third-order valence-electron chi connectivity index (χ3n) is 1.07. The first-order chi connectivity index (χ1) is 5.54. The van der Waals surface area contributed by atoms with E-state index in [-0.39, 0.29) is 6.79 Å². The van der Waals surface area contributed by atoms with Gasteiger partial charge >= 0.3 is 15.6 Å². The van der Waals surface area contributed by atoms with Gasteiger partial charge in [0.05, 0.1) is 0 Å². The van der Waals surface area contributed by atoms with Gasteiger partial charge in [0, 0.05) is 14.2 Å². The molecule has 9 heteroatoms. The summed E-state index contributed by atoms with van der Waals surface area (Å²) in [5, 5.41) is 0. The first-order valence-corrected chi connectivity index (χ1v) is 5.78. The van der Waals surface area contributed by atoms with Crippen LogP contribution in [0.3, 0.4) is 0 Å². The second-order valence-corrected chi connectivity index (χ2v) is 5.41. The van der Waals surface area contributed by atoms with Crippen molar-refractivity contribution in [3.8, 4) is 0 Å². The van der Waals surface area contributed by atoms with E-state index in [1.807, 2.05) is 0 Å². The Morgan fingerprint density at radius 1 is 1.33 bits per heavy atom. The first-order valence-electron chi connectivity index (χ1n) is 2.85. The minimum Gasteiger partial charge on any atom is -0.290 e. The standard InChI is InChI=1S/C3H8O7P2/c1-6-11(4,7-2)10-12(5)8-3-9-12/h3H2,1-2H3. The second-order valence-electron chi connectivity index (χ2n) is 1.72. The average Bonchev–Trinajstić information content (AvgIpc) is 2.02. The average molecular weight is 218 g/mol. The Bertz CT molecular complexity index is 233. The van der Waals surface area contributed by atoms with E-state index in [0.29, 0.717) is 0 Å². The van der Waals surface area contributed by atoms with Gasteiger partial charge in [0.15, 0.2) is 6.79 Å². The molecule has 0 aromatic heterocycles. The topological polar surface area (TPSA) is 80.3 Å². The fourth-order valence-corrected chi connectivity index (χ4v) is 2.77. The molecule has 0 radical (unpaired) electrons. The van der Waals surface area contributed by atoms with Crippen LogP contribution >= 0.6 is 15.6 Å². The van der Waals surface area contributed by atoms with Crippen molar-refractivity contribution in [2.45, 2.75) is 0 Å². The maximum atomic E-state index is 11.2. The quantitative estimate of drug-likeness (QED) is 0.661. The smallest absolute Gasteiger partial charge is 0.290 e. The van der Waals surface area contributed by atoms with Gasteiger partial charge in [0.25, 0.3) is 0 Å². The molecule has 1 fully saturated rings. The Balaban J connectivity index is 2.59. The van der Waals surface area contributed by atoms with Crippen molar-refractivity contribution < 1.29 is 31.5 Å². The highest BCUT2D eigenvalue weighted by Crippen LogP contribution is 2.68. The van der Waals surface area contributed by atoms with Crippen molar-refractivity contribution in [2.24, 2.45) is 0 Å². The molecule has 0 aromatic carbocycles. The van der Waals surface area contributed by atoms with Crippen molar-refractivity contribution in [3.05, 3.63) is 0 Å². The van der Waals surface area contributed by atoms with Crippen LogP contribution in [0.2, 0.25) is 0 Å².